The molecule has 3 N–H and O–H groups in total. The molecule has 2 saturated heterocycles. The molecule has 2 aromatic rings. The number of hydrogen-bond donors (Lipinski definition) is 3. The van der Waals surface area contributed by atoms with Gasteiger partial charge in [0, 0.05) is 25.4 Å². The van der Waals surface area contributed by atoms with Crippen molar-refractivity contribution < 1.29 is 24.6 Å². The Morgan fingerprint density at radius 1 is 0.968 bits per heavy atom. The highest BCUT2D eigenvalue weighted by atomic mass is 16.5. The lowest BCUT2D eigenvalue weighted by Crippen LogP contribution is -3.14. The molecule has 31 heavy (non-hydrogen) atoms. The maximum Gasteiger partial charge on any atom is 0.126 e. The van der Waals surface area contributed by atoms with Gasteiger partial charge in [0.05, 0.1) is 32.4 Å². The van der Waals surface area contributed by atoms with Crippen molar-refractivity contribution in [3.63, 3.8) is 0 Å². The molecule has 2 heterocycles. The zero-order chi connectivity index (χ0) is 21.5. The number of aliphatic hydroxyl groups excluding tert-OH is 1. The van der Waals surface area contributed by atoms with E-state index in [4.69, 9.17) is 9.47 Å². The maximum absolute atomic E-state index is 12.0. The summed E-state index contributed by atoms with van der Waals surface area (Å²) in [5.74, 6) is 0.147. The van der Waals surface area contributed by atoms with Crippen LogP contribution in [0.1, 0.15) is 36.8 Å². The Kier molecular flexibility index (Phi) is 7.75. The lowest BCUT2D eigenvalue weighted by Gasteiger charge is -2.41. The fourth-order valence-corrected chi connectivity index (χ4v) is 5.17. The van der Waals surface area contributed by atoms with Gasteiger partial charge in [0.25, 0.3) is 0 Å². The Morgan fingerprint density at radius 3 is 2.13 bits per heavy atom. The van der Waals surface area contributed by atoms with E-state index in [-0.39, 0.29) is 12.0 Å². The lowest BCUT2D eigenvalue weighted by molar-refractivity contribution is -0.909. The Hall–Kier alpha value is -1.76. The summed E-state index contributed by atoms with van der Waals surface area (Å²) in [6, 6.07) is 20.1. The fourth-order valence-electron chi connectivity index (χ4n) is 5.17. The van der Waals surface area contributed by atoms with Gasteiger partial charge < -0.3 is 24.6 Å². The molecule has 2 aliphatic heterocycles. The van der Waals surface area contributed by atoms with Crippen molar-refractivity contribution in [1.82, 2.24) is 0 Å². The minimum absolute atomic E-state index is 0.147. The van der Waals surface area contributed by atoms with Crippen molar-refractivity contribution in [3.8, 4) is 0 Å². The van der Waals surface area contributed by atoms with Gasteiger partial charge in [0.1, 0.15) is 18.2 Å². The Balaban J connectivity index is 1.33. The van der Waals surface area contributed by atoms with Crippen LogP contribution in [-0.2, 0) is 15.1 Å². The standard InChI is InChI=1S/C26H35NO4/c28-24(19-30-20-25-12-7-17-31-25)18-27-15-13-23(14-16-27)26(29,21-8-3-1-4-9-21)22-10-5-2-6-11-22/h1-6,8-11,23-25,28-29H,7,12-20H2/p+1/t24-,25+/m1/s1. The molecule has 0 unspecified atom stereocenters. The maximum atomic E-state index is 12.0. The molecule has 2 aliphatic rings. The van der Waals surface area contributed by atoms with Crippen molar-refractivity contribution in [1.29, 1.82) is 0 Å². The van der Waals surface area contributed by atoms with E-state index in [0.717, 1.165) is 56.5 Å². The van der Waals surface area contributed by atoms with Gasteiger partial charge in [-0.15, -0.1) is 0 Å². The molecule has 0 saturated carbocycles. The van der Waals surface area contributed by atoms with Crippen LogP contribution < -0.4 is 4.90 Å². The molecule has 2 aromatic carbocycles. The van der Waals surface area contributed by atoms with Gasteiger partial charge >= 0.3 is 0 Å². The summed E-state index contributed by atoms with van der Waals surface area (Å²) >= 11 is 0. The molecule has 5 heteroatoms. The summed E-state index contributed by atoms with van der Waals surface area (Å²) in [5, 5.41) is 22.4. The van der Waals surface area contributed by atoms with E-state index in [1.807, 2.05) is 60.7 Å². The van der Waals surface area contributed by atoms with Crippen LogP contribution >= 0.6 is 0 Å². The number of ether oxygens (including phenoxy) is 2. The summed E-state index contributed by atoms with van der Waals surface area (Å²) in [4.78, 5) is 1.38. The Morgan fingerprint density at radius 2 is 1.58 bits per heavy atom. The van der Waals surface area contributed by atoms with Crippen LogP contribution in [0.4, 0.5) is 0 Å². The predicted molar refractivity (Wildman–Crippen MR) is 120 cm³/mol. The second-order valence-electron chi connectivity index (χ2n) is 9.05. The Bertz CT molecular complexity index is 731. The largest absolute Gasteiger partial charge is 0.385 e. The number of aliphatic hydroxyl groups is 2. The number of likely N-dealkylation sites (tertiary alicyclic amines) is 1. The molecule has 0 radical (unpaired) electrons. The van der Waals surface area contributed by atoms with Crippen molar-refractivity contribution in [3.05, 3.63) is 71.8 Å². The zero-order valence-corrected chi connectivity index (χ0v) is 18.3. The summed E-state index contributed by atoms with van der Waals surface area (Å²) in [6.07, 6.45) is 3.73. The second kappa shape index (κ2) is 10.7. The number of piperidine rings is 1. The highest BCUT2D eigenvalue weighted by Gasteiger charge is 2.42. The second-order valence-corrected chi connectivity index (χ2v) is 9.05. The molecule has 0 aliphatic carbocycles. The summed E-state index contributed by atoms with van der Waals surface area (Å²) in [7, 11) is 0. The topological polar surface area (TPSA) is 63.4 Å². The normalized spacial score (nSPS) is 25.4. The van der Waals surface area contributed by atoms with Crippen LogP contribution in [0.2, 0.25) is 0 Å². The van der Waals surface area contributed by atoms with Crippen LogP contribution in [0.25, 0.3) is 0 Å². The molecule has 0 spiro atoms. The van der Waals surface area contributed by atoms with E-state index < -0.39 is 11.7 Å². The van der Waals surface area contributed by atoms with Gasteiger partial charge in [-0.25, -0.2) is 0 Å². The van der Waals surface area contributed by atoms with E-state index in [1.54, 1.807) is 0 Å². The third-order valence-electron chi connectivity index (χ3n) is 6.87. The number of rotatable bonds is 9. The van der Waals surface area contributed by atoms with Gasteiger partial charge in [-0.1, -0.05) is 60.7 Å². The lowest BCUT2D eigenvalue weighted by atomic mass is 9.72. The first-order valence-electron chi connectivity index (χ1n) is 11.7. The minimum atomic E-state index is -0.989. The summed E-state index contributed by atoms with van der Waals surface area (Å²) in [5.41, 5.74) is 0.922. The number of quaternary nitrogens is 1. The first kappa shape index (κ1) is 22.4. The first-order chi connectivity index (χ1) is 15.2. The molecule has 0 amide bonds. The minimum Gasteiger partial charge on any atom is -0.385 e. The molecule has 168 valence electrons. The molecule has 4 rings (SSSR count). The summed E-state index contributed by atoms with van der Waals surface area (Å²) < 4.78 is 11.2. The Labute approximate surface area is 185 Å². The molecule has 2 atom stereocenters. The smallest absolute Gasteiger partial charge is 0.126 e. The highest BCUT2D eigenvalue weighted by Crippen LogP contribution is 2.40. The number of nitrogens with one attached hydrogen (secondary N) is 1. The summed E-state index contributed by atoms with van der Waals surface area (Å²) in [6.45, 7) is 4.34. The van der Waals surface area contributed by atoms with E-state index in [2.05, 4.69) is 0 Å². The SMILES string of the molecule is O[C@@H](COC[C@@H]1CCCO1)C[NH+]1CCC(C(O)(c2ccccc2)c2ccccc2)CC1. The van der Waals surface area contributed by atoms with Crippen LogP contribution in [0.3, 0.4) is 0 Å². The molecule has 5 nitrogen and oxygen atoms in total. The van der Waals surface area contributed by atoms with Gasteiger partial charge in [0.2, 0.25) is 0 Å². The number of hydrogen-bond acceptors (Lipinski definition) is 4. The van der Waals surface area contributed by atoms with Crippen molar-refractivity contribution in [2.24, 2.45) is 5.92 Å². The van der Waals surface area contributed by atoms with E-state index in [9.17, 15) is 10.2 Å². The first-order valence-corrected chi connectivity index (χ1v) is 11.7. The van der Waals surface area contributed by atoms with Gasteiger partial charge in [-0.05, 0) is 24.0 Å². The third-order valence-corrected chi connectivity index (χ3v) is 6.87. The van der Waals surface area contributed by atoms with E-state index in [1.165, 1.54) is 4.90 Å². The highest BCUT2D eigenvalue weighted by molar-refractivity contribution is 5.37. The molecular formula is C26H36NO4+. The van der Waals surface area contributed by atoms with Crippen LogP contribution in [-0.4, -0.2) is 61.9 Å². The van der Waals surface area contributed by atoms with Crippen molar-refractivity contribution in [2.45, 2.75) is 43.5 Å². The fraction of sp³-hybridized carbons (Fsp3) is 0.538. The van der Waals surface area contributed by atoms with Gasteiger partial charge in [0.15, 0.2) is 0 Å². The molecule has 0 bridgehead atoms. The van der Waals surface area contributed by atoms with Crippen molar-refractivity contribution >= 4 is 0 Å². The van der Waals surface area contributed by atoms with Gasteiger partial charge in [-0.3, -0.25) is 0 Å². The zero-order valence-electron chi connectivity index (χ0n) is 18.3. The number of benzene rings is 2. The van der Waals surface area contributed by atoms with Crippen LogP contribution in [0.5, 0.6) is 0 Å². The van der Waals surface area contributed by atoms with Crippen LogP contribution in [0.15, 0.2) is 60.7 Å². The average molecular weight is 427 g/mol. The van der Waals surface area contributed by atoms with E-state index in [0.29, 0.717) is 19.8 Å². The molecule has 2 fully saturated rings. The molecule has 0 aromatic heterocycles. The quantitative estimate of drug-likeness (QED) is 0.572. The predicted octanol–water partition coefficient (Wildman–Crippen LogP) is 1.77. The molecular weight excluding hydrogens is 390 g/mol. The van der Waals surface area contributed by atoms with E-state index >= 15 is 0 Å². The monoisotopic (exact) mass is 426 g/mol. The average Bonchev–Trinajstić information content (AvgIpc) is 3.34. The van der Waals surface area contributed by atoms with Gasteiger partial charge in [-0.2, -0.15) is 0 Å². The van der Waals surface area contributed by atoms with Crippen LogP contribution in [0, 0.1) is 5.92 Å². The third kappa shape index (κ3) is 5.54. The van der Waals surface area contributed by atoms with Crippen molar-refractivity contribution in [2.75, 3.05) is 39.5 Å².